The van der Waals surface area contributed by atoms with E-state index < -0.39 is 5.97 Å². The fourth-order valence-corrected chi connectivity index (χ4v) is 1.95. The molecule has 0 saturated heterocycles. The van der Waals surface area contributed by atoms with Gasteiger partial charge in [0.1, 0.15) is 0 Å². The Kier molecular flexibility index (Phi) is 5.70. The number of rotatable bonds is 7. The Morgan fingerprint density at radius 2 is 2.00 bits per heavy atom. The maximum atomic E-state index is 10.7. The van der Waals surface area contributed by atoms with Gasteiger partial charge in [0.15, 0.2) is 0 Å². The molecule has 0 aliphatic carbocycles. The molecule has 0 aliphatic heterocycles. The zero-order valence-corrected chi connectivity index (χ0v) is 10.6. The second kappa shape index (κ2) is 7.07. The zero-order chi connectivity index (χ0) is 12.7. The number of carboxylic acid groups (broad SMARTS) is 1. The summed E-state index contributed by atoms with van der Waals surface area (Å²) in [5.74, 6) is -0.719. The lowest BCUT2D eigenvalue weighted by molar-refractivity contribution is -0.138. The van der Waals surface area contributed by atoms with E-state index in [1.54, 1.807) is 0 Å². The molecule has 1 N–H and O–H groups in total. The number of hydrogen-bond donors (Lipinski definition) is 1. The van der Waals surface area contributed by atoms with Crippen LogP contribution in [0.1, 0.15) is 25.3 Å². The van der Waals surface area contributed by atoms with E-state index in [1.165, 1.54) is 5.56 Å². The lowest BCUT2D eigenvalue weighted by Crippen LogP contribution is -2.34. The summed E-state index contributed by atoms with van der Waals surface area (Å²) in [6.07, 6.45) is 2.06. The average Bonchev–Trinajstić information content (AvgIpc) is 2.34. The SMILES string of the molecule is CCC(CC(=O)O)N(C)CCc1ccccc1. The van der Waals surface area contributed by atoms with Crippen LogP contribution in [0.4, 0.5) is 0 Å². The van der Waals surface area contributed by atoms with Crippen LogP contribution in [0, 0.1) is 0 Å². The lowest BCUT2D eigenvalue weighted by Gasteiger charge is -2.25. The molecule has 1 aromatic rings. The Hall–Kier alpha value is -1.35. The third-order valence-electron chi connectivity index (χ3n) is 3.10. The summed E-state index contributed by atoms with van der Waals surface area (Å²) in [6.45, 7) is 2.93. The van der Waals surface area contributed by atoms with Crippen molar-refractivity contribution >= 4 is 5.97 Å². The van der Waals surface area contributed by atoms with Gasteiger partial charge in [0.05, 0.1) is 6.42 Å². The molecule has 0 bridgehead atoms. The standard InChI is InChI=1S/C14H21NO2/c1-3-13(11-14(16)17)15(2)10-9-12-7-5-4-6-8-12/h4-8,13H,3,9-11H2,1-2H3,(H,16,17). The highest BCUT2D eigenvalue weighted by molar-refractivity contribution is 5.67. The molecular formula is C14H21NO2. The summed E-state index contributed by atoms with van der Waals surface area (Å²) in [4.78, 5) is 12.9. The summed E-state index contributed by atoms with van der Waals surface area (Å²) < 4.78 is 0. The van der Waals surface area contributed by atoms with Crippen molar-refractivity contribution in [3.05, 3.63) is 35.9 Å². The smallest absolute Gasteiger partial charge is 0.304 e. The molecule has 94 valence electrons. The molecule has 0 radical (unpaired) electrons. The van der Waals surface area contributed by atoms with Crippen LogP contribution in [0.25, 0.3) is 0 Å². The minimum atomic E-state index is -0.719. The molecule has 0 heterocycles. The Bertz CT molecular complexity index is 337. The first-order valence-corrected chi connectivity index (χ1v) is 6.09. The molecule has 0 saturated carbocycles. The molecule has 17 heavy (non-hydrogen) atoms. The maximum Gasteiger partial charge on any atom is 0.304 e. The van der Waals surface area contributed by atoms with Gasteiger partial charge in [0, 0.05) is 12.6 Å². The number of nitrogens with zero attached hydrogens (tertiary/aromatic N) is 1. The first-order valence-electron chi connectivity index (χ1n) is 6.09. The second-order valence-corrected chi connectivity index (χ2v) is 4.38. The lowest BCUT2D eigenvalue weighted by atomic mass is 10.1. The number of likely N-dealkylation sites (N-methyl/N-ethyl adjacent to an activating group) is 1. The van der Waals surface area contributed by atoms with Gasteiger partial charge < -0.3 is 10.0 Å². The van der Waals surface area contributed by atoms with Crippen LogP contribution in [0.2, 0.25) is 0 Å². The minimum absolute atomic E-state index is 0.135. The van der Waals surface area contributed by atoms with E-state index in [0.29, 0.717) is 0 Å². The highest BCUT2D eigenvalue weighted by Crippen LogP contribution is 2.08. The fraction of sp³-hybridized carbons (Fsp3) is 0.500. The largest absolute Gasteiger partial charge is 0.481 e. The number of carboxylic acids is 1. The number of hydrogen-bond acceptors (Lipinski definition) is 2. The predicted molar refractivity (Wildman–Crippen MR) is 69.1 cm³/mol. The van der Waals surface area contributed by atoms with Crippen LogP contribution in [0.5, 0.6) is 0 Å². The zero-order valence-electron chi connectivity index (χ0n) is 10.6. The summed E-state index contributed by atoms with van der Waals surface area (Å²) in [5, 5.41) is 8.82. The normalized spacial score (nSPS) is 12.6. The topological polar surface area (TPSA) is 40.5 Å². The predicted octanol–water partition coefficient (Wildman–Crippen LogP) is 2.41. The molecular weight excluding hydrogens is 214 g/mol. The van der Waals surface area contributed by atoms with Crippen LogP contribution in [0.3, 0.4) is 0 Å². The molecule has 1 rings (SSSR count). The summed E-state index contributed by atoms with van der Waals surface area (Å²) >= 11 is 0. The number of benzene rings is 1. The third kappa shape index (κ3) is 5.00. The van der Waals surface area contributed by atoms with E-state index in [-0.39, 0.29) is 12.5 Å². The molecule has 0 aliphatic rings. The summed E-state index contributed by atoms with van der Waals surface area (Å²) in [7, 11) is 2.00. The quantitative estimate of drug-likeness (QED) is 0.789. The molecule has 0 spiro atoms. The van der Waals surface area contributed by atoms with E-state index in [9.17, 15) is 4.79 Å². The first-order chi connectivity index (χ1) is 8.13. The molecule has 0 amide bonds. The van der Waals surface area contributed by atoms with E-state index in [0.717, 1.165) is 19.4 Å². The van der Waals surface area contributed by atoms with Crippen LogP contribution >= 0.6 is 0 Å². The maximum absolute atomic E-state index is 10.7. The van der Waals surface area contributed by atoms with Gasteiger partial charge >= 0.3 is 5.97 Å². The average molecular weight is 235 g/mol. The van der Waals surface area contributed by atoms with E-state index in [2.05, 4.69) is 17.0 Å². The van der Waals surface area contributed by atoms with Gasteiger partial charge in [-0.3, -0.25) is 4.79 Å². The summed E-state index contributed by atoms with van der Waals surface area (Å²) in [6, 6.07) is 10.4. The van der Waals surface area contributed by atoms with E-state index in [1.807, 2.05) is 32.2 Å². The van der Waals surface area contributed by atoms with Gasteiger partial charge in [0.2, 0.25) is 0 Å². The Balaban J connectivity index is 2.42. The third-order valence-corrected chi connectivity index (χ3v) is 3.10. The fourth-order valence-electron chi connectivity index (χ4n) is 1.95. The van der Waals surface area contributed by atoms with Gasteiger partial charge in [-0.05, 0) is 25.5 Å². The van der Waals surface area contributed by atoms with Gasteiger partial charge in [-0.2, -0.15) is 0 Å². The molecule has 3 nitrogen and oxygen atoms in total. The van der Waals surface area contributed by atoms with Crippen molar-refractivity contribution < 1.29 is 9.90 Å². The minimum Gasteiger partial charge on any atom is -0.481 e. The Morgan fingerprint density at radius 1 is 1.35 bits per heavy atom. The van der Waals surface area contributed by atoms with E-state index in [4.69, 9.17) is 5.11 Å². The molecule has 0 aromatic heterocycles. The van der Waals surface area contributed by atoms with Crippen molar-refractivity contribution in [3.8, 4) is 0 Å². The molecule has 1 unspecified atom stereocenters. The Labute approximate surface area is 103 Å². The highest BCUT2D eigenvalue weighted by Gasteiger charge is 2.15. The van der Waals surface area contributed by atoms with E-state index >= 15 is 0 Å². The molecule has 0 fully saturated rings. The summed E-state index contributed by atoms with van der Waals surface area (Å²) in [5.41, 5.74) is 1.30. The molecule has 3 heteroatoms. The van der Waals surface area contributed by atoms with Crippen molar-refractivity contribution in [2.24, 2.45) is 0 Å². The van der Waals surface area contributed by atoms with Gasteiger partial charge in [-0.1, -0.05) is 37.3 Å². The Morgan fingerprint density at radius 3 is 2.53 bits per heavy atom. The first kappa shape index (κ1) is 13.7. The second-order valence-electron chi connectivity index (χ2n) is 4.38. The van der Waals surface area contributed by atoms with Crippen LogP contribution in [-0.2, 0) is 11.2 Å². The van der Waals surface area contributed by atoms with Crippen molar-refractivity contribution in [2.45, 2.75) is 32.2 Å². The number of carbonyl (C=O) groups is 1. The van der Waals surface area contributed by atoms with Gasteiger partial charge in [-0.25, -0.2) is 0 Å². The molecule has 1 atom stereocenters. The number of aliphatic carboxylic acids is 1. The van der Waals surface area contributed by atoms with Crippen LogP contribution in [0.15, 0.2) is 30.3 Å². The molecule has 1 aromatic carbocycles. The van der Waals surface area contributed by atoms with Gasteiger partial charge in [-0.15, -0.1) is 0 Å². The van der Waals surface area contributed by atoms with Crippen molar-refractivity contribution in [1.29, 1.82) is 0 Å². The van der Waals surface area contributed by atoms with Crippen molar-refractivity contribution in [1.82, 2.24) is 4.90 Å². The van der Waals surface area contributed by atoms with Crippen molar-refractivity contribution in [2.75, 3.05) is 13.6 Å². The van der Waals surface area contributed by atoms with Gasteiger partial charge in [0.25, 0.3) is 0 Å². The van der Waals surface area contributed by atoms with Crippen LogP contribution < -0.4 is 0 Å². The van der Waals surface area contributed by atoms with Crippen LogP contribution in [-0.4, -0.2) is 35.6 Å². The monoisotopic (exact) mass is 235 g/mol. The highest BCUT2D eigenvalue weighted by atomic mass is 16.4. The van der Waals surface area contributed by atoms with Crippen molar-refractivity contribution in [3.63, 3.8) is 0 Å².